The summed E-state index contributed by atoms with van der Waals surface area (Å²) in [6, 6.07) is 2.02. The van der Waals surface area contributed by atoms with Crippen molar-refractivity contribution in [3.8, 4) is 0 Å². The number of hydrogen-bond acceptors (Lipinski definition) is 4. The highest BCUT2D eigenvalue weighted by atomic mass is 15.2. The zero-order valence-corrected chi connectivity index (χ0v) is 10.9. The standard InChI is InChI=1S/C14H22N4/c1-2-6-12(5-1)11-16-14-15-8-7-13(17-14)18-9-3-4-10-18/h7-8,12H,1-6,9-11H2,(H,15,16,17). The van der Waals surface area contributed by atoms with E-state index >= 15 is 0 Å². The molecule has 0 radical (unpaired) electrons. The van der Waals surface area contributed by atoms with Crippen molar-refractivity contribution in [3.05, 3.63) is 12.3 Å². The van der Waals surface area contributed by atoms with Gasteiger partial charge in [-0.25, -0.2) is 4.98 Å². The summed E-state index contributed by atoms with van der Waals surface area (Å²) in [4.78, 5) is 11.3. The third-order valence-corrected chi connectivity index (χ3v) is 4.09. The van der Waals surface area contributed by atoms with E-state index in [9.17, 15) is 0 Å². The fourth-order valence-corrected chi connectivity index (χ4v) is 3.01. The molecule has 0 unspecified atom stereocenters. The molecule has 0 spiro atoms. The molecule has 1 N–H and O–H groups in total. The molecular weight excluding hydrogens is 224 g/mol. The molecule has 18 heavy (non-hydrogen) atoms. The predicted molar refractivity (Wildman–Crippen MR) is 73.9 cm³/mol. The Hall–Kier alpha value is -1.32. The second kappa shape index (κ2) is 5.55. The van der Waals surface area contributed by atoms with Crippen LogP contribution in [0.4, 0.5) is 11.8 Å². The molecule has 0 bridgehead atoms. The molecule has 2 aliphatic rings. The Morgan fingerprint density at radius 1 is 1.17 bits per heavy atom. The lowest BCUT2D eigenvalue weighted by Crippen LogP contribution is -2.20. The minimum atomic E-state index is 0.798. The zero-order chi connectivity index (χ0) is 12.2. The maximum absolute atomic E-state index is 4.62. The van der Waals surface area contributed by atoms with Crippen LogP contribution in [0.1, 0.15) is 38.5 Å². The highest BCUT2D eigenvalue weighted by Crippen LogP contribution is 2.25. The molecule has 0 atom stereocenters. The molecule has 4 heteroatoms. The Morgan fingerprint density at radius 2 is 1.94 bits per heavy atom. The molecule has 98 valence electrons. The van der Waals surface area contributed by atoms with Crippen LogP contribution in [0.5, 0.6) is 0 Å². The number of nitrogens with one attached hydrogen (secondary N) is 1. The summed E-state index contributed by atoms with van der Waals surface area (Å²) in [6.45, 7) is 3.31. The number of aromatic nitrogens is 2. The van der Waals surface area contributed by atoms with Gasteiger partial charge in [-0.1, -0.05) is 12.8 Å². The highest BCUT2D eigenvalue weighted by Gasteiger charge is 2.16. The lowest BCUT2D eigenvalue weighted by atomic mass is 10.1. The molecule has 1 aromatic rings. The average Bonchev–Trinajstić information content (AvgIpc) is 3.10. The largest absolute Gasteiger partial charge is 0.356 e. The molecule has 1 saturated heterocycles. The van der Waals surface area contributed by atoms with Crippen LogP contribution in [0.25, 0.3) is 0 Å². The minimum absolute atomic E-state index is 0.798. The number of anilines is 2. The summed E-state index contributed by atoms with van der Waals surface area (Å²) in [5.74, 6) is 2.70. The van der Waals surface area contributed by atoms with E-state index in [1.54, 1.807) is 0 Å². The van der Waals surface area contributed by atoms with Crippen LogP contribution < -0.4 is 10.2 Å². The molecule has 0 aromatic carbocycles. The zero-order valence-electron chi connectivity index (χ0n) is 10.9. The van der Waals surface area contributed by atoms with Crippen molar-refractivity contribution < 1.29 is 0 Å². The first-order chi connectivity index (χ1) is 8.92. The van der Waals surface area contributed by atoms with Gasteiger partial charge in [-0.2, -0.15) is 4.98 Å². The summed E-state index contributed by atoms with van der Waals surface area (Å²) in [6.07, 6.45) is 9.95. The third-order valence-electron chi connectivity index (χ3n) is 4.09. The fraction of sp³-hybridized carbons (Fsp3) is 0.714. The third kappa shape index (κ3) is 2.74. The second-order valence-electron chi connectivity index (χ2n) is 5.46. The van der Waals surface area contributed by atoms with Crippen molar-refractivity contribution >= 4 is 11.8 Å². The van der Waals surface area contributed by atoms with Crippen molar-refractivity contribution in [3.63, 3.8) is 0 Å². The summed E-state index contributed by atoms with van der Waals surface area (Å²) in [5, 5.41) is 3.40. The Balaban J connectivity index is 1.59. The van der Waals surface area contributed by atoms with Crippen molar-refractivity contribution in [1.29, 1.82) is 0 Å². The summed E-state index contributed by atoms with van der Waals surface area (Å²) < 4.78 is 0. The van der Waals surface area contributed by atoms with E-state index < -0.39 is 0 Å². The minimum Gasteiger partial charge on any atom is -0.356 e. The first kappa shape index (κ1) is 11.8. The Labute approximate surface area is 109 Å². The van der Waals surface area contributed by atoms with Gasteiger partial charge >= 0.3 is 0 Å². The topological polar surface area (TPSA) is 41.1 Å². The van der Waals surface area contributed by atoms with E-state index in [4.69, 9.17) is 0 Å². The number of nitrogens with zero attached hydrogens (tertiary/aromatic N) is 3. The Bertz CT molecular complexity index is 381. The van der Waals surface area contributed by atoms with Crippen LogP contribution in [0.15, 0.2) is 12.3 Å². The average molecular weight is 246 g/mol. The van der Waals surface area contributed by atoms with Crippen molar-refractivity contribution in [2.45, 2.75) is 38.5 Å². The van der Waals surface area contributed by atoms with Crippen molar-refractivity contribution in [2.75, 3.05) is 29.9 Å². The van der Waals surface area contributed by atoms with Crippen LogP contribution in [-0.2, 0) is 0 Å². The van der Waals surface area contributed by atoms with Crippen LogP contribution in [0.2, 0.25) is 0 Å². The van der Waals surface area contributed by atoms with Gasteiger partial charge < -0.3 is 10.2 Å². The Kier molecular flexibility index (Phi) is 3.62. The van der Waals surface area contributed by atoms with Gasteiger partial charge in [0.25, 0.3) is 0 Å². The normalized spacial score (nSPS) is 20.6. The lowest BCUT2D eigenvalue weighted by molar-refractivity contribution is 0.577. The smallest absolute Gasteiger partial charge is 0.224 e. The fourth-order valence-electron chi connectivity index (χ4n) is 3.01. The molecule has 0 amide bonds. The van der Waals surface area contributed by atoms with Crippen LogP contribution in [0.3, 0.4) is 0 Å². The highest BCUT2D eigenvalue weighted by molar-refractivity contribution is 5.43. The van der Waals surface area contributed by atoms with E-state index in [-0.39, 0.29) is 0 Å². The van der Waals surface area contributed by atoms with Gasteiger partial charge in [0, 0.05) is 25.8 Å². The second-order valence-corrected chi connectivity index (χ2v) is 5.46. The molecule has 1 aliphatic carbocycles. The van der Waals surface area contributed by atoms with Gasteiger partial charge in [-0.05, 0) is 37.7 Å². The van der Waals surface area contributed by atoms with Gasteiger partial charge in [0.2, 0.25) is 5.95 Å². The van der Waals surface area contributed by atoms with E-state index in [1.807, 2.05) is 12.3 Å². The summed E-state index contributed by atoms with van der Waals surface area (Å²) in [7, 11) is 0. The van der Waals surface area contributed by atoms with Gasteiger partial charge in [0.1, 0.15) is 5.82 Å². The van der Waals surface area contributed by atoms with Gasteiger partial charge in [-0.3, -0.25) is 0 Å². The molecule has 1 saturated carbocycles. The lowest BCUT2D eigenvalue weighted by Gasteiger charge is -2.17. The molecule has 2 fully saturated rings. The molecule has 2 heterocycles. The molecule has 1 aromatic heterocycles. The maximum Gasteiger partial charge on any atom is 0.224 e. The maximum atomic E-state index is 4.62. The number of hydrogen-bond donors (Lipinski definition) is 1. The van der Waals surface area contributed by atoms with Gasteiger partial charge in [0.05, 0.1) is 0 Å². The van der Waals surface area contributed by atoms with E-state index in [0.29, 0.717) is 0 Å². The summed E-state index contributed by atoms with van der Waals surface area (Å²) in [5.41, 5.74) is 0. The Morgan fingerprint density at radius 3 is 2.72 bits per heavy atom. The van der Waals surface area contributed by atoms with Crippen molar-refractivity contribution in [2.24, 2.45) is 5.92 Å². The van der Waals surface area contributed by atoms with Crippen LogP contribution >= 0.6 is 0 Å². The van der Waals surface area contributed by atoms with E-state index in [0.717, 1.165) is 37.3 Å². The SMILES string of the molecule is c1cc(N2CCCC2)nc(NCC2CCCC2)n1. The van der Waals surface area contributed by atoms with Crippen molar-refractivity contribution in [1.82, 2.24) is 9.97 Å². The van der Waals surface area contributed by atoms with Gasteiger partial charge in [-0.15, -0.1) is 0 Å². The quantitative estimate of drug-likeness (QED) is 0.887. The van der Waals surface area contributed by atoms with Crippen LogP contribution in [-0.4, -0.2) is 29.6 Å². The summed E-state index contributed by atoms with van der Waals surface area (Å²) >= 11 is 0. The predicted octanol–water partition coefficient (Wildman–Crippen LogP) is 2.68. The van der Waals surface area contributed by atoms with E-state index in [1.165, 1.54) is 38.5 Å². The van der Waals surface area contributed by atoms with Crippen LogP contribution in [0, 0.1) is 5.92 Å². The molecule has 4 nitrogen and oxygen atoms in total. The molecular formula is C14H22N4. The van der Waals surface area contributed by atoms with E-state index in [2.05, 4.69) is 20.2 Å². The molecule has 3 rings (SSSR count). The number of rotatable bonds is 4. The van der Waals surface area contributed by atoms with Gasteiger partial charge in [0.15, 0.2) is 0 Å². The molecule has 1 aliphatic heterocycles. The first-order valence-corrected chi connectivity index (χ1v) is 7.24. The first-order valence-electron chi connectivity index (χ1n) is 7.24. The monoisotopic (exact) mass is 246 g/mol.